The van der Waals surface area contributed by atoms with Crippen LogP contribution in [-0.4, -0.2) is 11.8 Å². The van der Waals surface area contributed by atoms with E-state index in [0.717, 1.165) is 11.8 Å². The molecule has 2 unspecified atom stereocenters. The highest BCUT2D eigenvalue weighted by Gasteiger charge is 2.19. The van der Waals surface area contributed by atoms with E-state index in [1.807, 2.05) is 0 Å². The maximum atomic E-state index is 3.82. The molecule has 1 N–H and O–H groups in total. The number of nitrogens with one attached hydrogen (secondary N) is 1. The molecule has 2 atom stereocenters. The first kappa shape index (κ1) is 18.0. The SMILES string of the molecule is CCC(CC)CC(C)NC1=CC2=C(CC1)SCCCC(C)C2. The van der Waals surface area contributed by atoms with E-state index < -0.39 is 0 Å². The Kier molecular flexibility index (Phi) is 7.40. The summed E-state index contributed by atoms with van der Waals surface area (Å²) in [5.74, 6) is 3.05. The quantitative estimate of drug-likeness (QED) is 0.618. The van der Waals surface area contributed by atoms with Crippen LogP contribution in [-0.2, 0) is 0 Å². The van der Waals surface area contributed by atoms with Gasteiger partial charge in [-0.2, -0.15) is 0 Å². The van der Waals surface area contributed by atoms with Gasteiger partial charge in [0.1, 0.15) is 0 Å². The van der Waals surface area contributed by atoms with Crippen molar-refractivity contribution in [3.63, 3.8) is 0 Å². The number of hydrogen-bond acceptors (Lipinski definition) is 2. The zero-order chi connectivity index (χ0) is 15.9. The fraction of sp³-hybridized carbons (Fsp3) is 0.800. The first-order valence-electron chi connectivity index (χ1n) is 9.44. The molecule has 1 aliphatic heterocycles. The second-order valence-corrected chi connectivity index (χ2v) is 8.57. The van der Waals surface area contributed by atoms with E-state index in [9.17, 15) is 0 Å². The molecule has 0 amide bonds. The summed E-state index contributed by atoms with van der Waals surface area (Å²) in [4.78, 5) is 1.68. The molecule has 22 heavy (non-hydrogen) atoms. The van der Waals surface area contributed by atoms with Gasteiger partial charge in [-0.25, -0.2) is 0 Å². The predicted molar refractivity (Wildman–Crippen MR) is 101 cm³/mol. The molecule has 0 saturated heterocycles. The molecule has 2 aliphatic rings. The Bertz CT molecular complexity index is 406. The van der Waals surface area contributed by atoms with Crippen molar-refractivity contribution in [1.29, 1.82) is 0 Å². The summed E-state index contributed by atoms with van der Waals surface area (Å²) in [6.45, 7) is 9.43. The second kappa shape index (κ2) is 9.05. The van der Waals surface area contributed by atoms with Gasteiger partial charge >= 0.3 is 0 Å². The summed E-state index contributed by atoms with van der Waals surface area (Å²) in [6, 6.07) is 0.608. The molecule has 0 bridgehead atoms. The van der Waals surface area contributed by atoms with E-state index in [1.165, 1.54) is 62.8 Å². The third-order valence-corrected chi connectivity index (χ3v) is 6.59. The molecule has 0 spiro atoms. The lowest BCUT2D eigenvalue weighted by Crippen LogP contribution is -2.28. The molecule has 126 valence electrons. The van der Waals surface area contributed by atoms with Crippen molar-refractivity contribution in [2.24, 2.45) is 11.8 Å². The summed E-state index contributed by atoms with van der Waals surface area (Å²) >= 11 is 2.13. The molecule has 2 heteroatoms. The van der Waals surface area contributed by atoms with Gasteiger partial charge in [0.15, 0.2) is 0 Å². The Morgan fingerprint density at radius 2 is 2.05 bits per heavy atom. The van der Waals surface area contributed by atoms with Crippen LogP contribution in [0, 0.1) is 11.8 Å². The van der Waals surface area contributed by atoms with Crippen molar-refractivity contribution >= 4 is 11.8 Å². The van der Waals surface area contributed by atoms with Crippen LogP contribution in [0.3, 0.4) is 0 Å². The highest BCUT2D eigenvalue weighted by molar-refractivity contribution is 8.03. The molecular formula is C20H35NS. The molecule has 2 rings (SSSR count). The fourth-order valence-electron chi connectivity index (χ4n) is 3.83. The van der Waals surface area contributed by atoms with E-state index in [4.69, 9.17) is 0 Å². The average molecular weight is 322 g/mol. The van der Waals surface area contributed by atoms with Gasteiger partial charge in [-0.05, 0) is 79.6 Å². The third kappa shape index (κ3) is 5.37. The smallest absolute Gasteiger partial charge is 0.0232 e. The van der Waals surface area contributed by atoms with Crippen LogP contribution in [0.5, 0.6) is 0 Å². The van der Waals surface area contributed by atoms with Gasteiger partial charge in [0.05, 0.1) is 0 Å². The summed E-state index contributed by atoms with van der Waals surface area (Å²) in [6.07, 6.45) is 13.0. The lowest BCUT2D eigenvalue weighted by atomic mass is 9.91. The van der Waals surface area contributed by atoms with Crippen LogP contribution in [0.4, 0.5) is 0 Å². The third-order valence-electron chi connectivity index (χ3n) is 5.29. The molecule has 1 heterocycles. The van der Waals surface area contributed by atoms with Crippen molar-refractivity contribution in [3.8, 4) is 0 Å². The Hall–Kier alpha value is -0.370. The standard InChI is InChI=1S/C20H35NS/c1-5-17(6-2)13-16(4)21-19-9-10-20-18(14-19)12-15(3)8-7-11-22-20/h14-17,21H,5-13H2,1-4H3. The van der Waals surface area contributed by atoms with Crippen LogP contribution in [0.1, 0.15) is 79.1 Å². The van der Waals surface area contributed by atoms with E-state index in [1.54, 1.807) is 10.5 Å². The van der Waals surface area contributed by atoms with Gasteiger partial charge in [0.25, 0.3) is 0 Å². The van der Waals surface area contributed by atoms with Gasteiger partial charge in [0, 0.05) is 11.7 Å². The highest BCUT2D eigenvalue weighted by Crippen LogP contribution is 2.37. The summed E-state index contributed by atoms with van der Waals surface area (Å²) < 4.78 is 0. The van der Waals surface area contributed by atoms with Crippen molar-refractivity contribution in [3.05, 3.63) is 22.3 Å². The largest absolute Gasteiger partial charge is 0.386 e. The summed E-state index contributed by atoms with van der Waals surface area (Å²) in [5, 5.41) is 3.82. The van der Waals surface area contributed by atoms with Gasteiger partial charge in [-0.3, -0.25) is 0 Å². The molecule has 1 aliphatic carbocycles. The van der Waals surface area contributed by atoms with Crippen molar-refractivity contribution < 1.29 is 0 Å². The first-order valence-corrected chi connectivity index (χ1v) is 10.4. The summed E-state index contributed by atoms with van der Waals surface area (Å²) in [5.41, 5.74) is 3.13. The van der Waals surface area contributed by atoms with E-state index in [-0.39, 0.29) is 0 Å². The molecular weight excluding hydrogens is 286 g/mol. The Morgan fingerprint density at radius 3 is 2.77 bits per heavy atom. The van der Waals surface area contributed by atoms with Gasteiger partial charge in [-0.1, -0.05) is 33.6 Å². The Balaban J connectivity index is 1.97. The lowest BCUT2D eigenvalue weighted by Gasteiger charge is -2.28. The number of hydrogen-bond donors (Lipinski definition) is 1. The maximum absolute atomic E-state index is 3.82. The van der Waals surface area contributed by atoms with Crippen LogP contribution < -0.4 is 5.32 Å². The van der Waals surface area contributed by atoms with Crippen molar-refractivity contribution in [1.82, 2.24) is 5.32 Å². The fourth-order valence-corrected chi connectivity index (χ4v) is 4.96. The molecule has 0 saturated carbocycles. The highest BCUT2D eigenvalue weighted by atomic mass is 32.2. The van der Waals surface area contributed by atoms with E-state index >= 15 is 0 Å². The Morgan fingerprint density at radius 1 is 1.27 bits per heavy atom. The lowest BCUT2D eigenvalue weighted by molar-refractivity contribution is 0.392. The van der Waals surface area contributed by atoms with Gasteiger partial charge in [-0.15, -0.1) is 11.8 Å². The molecule has 0 aromatic heterocycles. The molecule has 0 fully saturated rings. The van der Waals surface area contributed by atoms with Crippen LogP contribution >= 0.6 is 11.8 Å². The minimum Gasteiger partial charge on any atom is -0.386 e. The van der Waals surface area contributed by atoms with Crippen molar-refractivity contribution in [2.75, 3.05) is 5.75 Å². The van der Waals surface area contributed by atoms with Gasteiger partial charge < -0.3 is 5.32 Å². The van der Waals surface area contributed by atoms with Crippen molar-refractivity contribution in [2.45, 2.75) is 85.1 Å². The minimum atomic E-state index is 0.608. The first-order chi connectivity index (χ1) is 10.6. The molecule has 0 radical (unpaired) electrons. The number of allylic oxidation sites excluding steroid dienone is 4. The molecule has 0 aromatic rings. The van der Waals surface area contributed by atoms with Gasteiger partial charge in [0.2, 0.25) is 0 Å². The predicted octanol–water partition coefficient (Wildman–Crippen LogP) is 6.28. The minimum absolute atomic E-state index is 0.608. The molecule has 0 aromatic carbocycles. The van der Waals surface area contributed by atoms with Crippen LogP contribution in [0.25, 0.3) is 0 Å². The maximum Gasteiger partial charge on any atom is 0.0232 e. The zero-order valence-electron chi connectivity index (χ0n) is 15.1. The molecule has 1 nitrogen and oxygen atoms in total. The van der Waals surface area contributed by atoms with E-state index in [2.05, 4.69) is 50.8 Å². The van der Waals surface area contributed by atoms with Crippen LogP contribution in [0.15, 0.2) is 22.3 Å². The summed E-state index contributed by atoms with van der Waals surface area (Å²) in [7, 11) is 0. The van der Waals surface area contributed by atoms with Crippen LogP contribution in [0.2, 0.25) is 0 Å². The normalized spacial score (nSPS) is 24.4. The monoisotopic (exact) mass is 321 g/mol. The second-order valence-electron chi connectivity index (χ2n) is 7.38. The zero-order valence-corrected chi connectivity index (χ0v) is 15.9. The average Bonchev–Trinajstić information content (AvgIpc) is 2.48. The number of rotatable bonds is 6. The number of thioether (sulfide) groups is 1. The van der Waals surface area contributed by atoms with E-state index in [0.29, 0.717) is 6.04 Å². The Labute approximate surface area is 142 Å². The topological polar surface area (TPSA) is 12.0 Å².